The number of likely N-dealkylation sites (tertiary alicyclic amines) is 1. The molecule has 1 aliphatic carbocycles. The number of amides is 1. The van der Waals surface area contributed by atoms with E-state index in [1.807, 2.05) is 0 Å². The number of rotatable bonds is 1. The van der Waals surface area contributed by atoms with E-state index in [-0.39, 0.29) is 17.7 Å². The van der Waals surface area contributed by atoms with Gasteiger partial charge >= 0.3 is 0 Å². The first kappa shape index (κ1) is 11.6. The molecule has 1 aromatic rings. The van der Waals surface area contributed by atoms with E-state index in [2.05, 4.69) is 4.98 Å². The van der Waals surface area contributed by atoms with Crippen LogP contribution in [0, 0.1) is 11.8 Å². The van der Waals surface area contributed by atoms with Gasteiger partial charge in [0.15, 0.2) is 0 Å². The summed E-state index contributed by atoms with van der Waals surface area (Å²) in [5.74, 6) is -0.101. The number of halogens is 1. The van der Waals surface area contributed by atoms with Gasteiger partial charge in [-0.25, -0.2) is 4.39 Å². The van der Waals surface area contributed by atoms with Gasteiger partial charge in [-0.15, -0.1) is 0 Å². The fourth-order valence-corrected chi connectivity index (χ4v) is 3.07. The number of carbonyl (C=O) groups is 1. The van der Waals surface area contributed by atoms with Crippen molar-refractivity contribution in [3.05, 3.63) is 30.1 Å². The second kappa shape index (κ2) is 4.31. The number of fused-ring (bicyclic) bond motifs is 1. The second-order valence-corrected chi connectivity index (χ2v) is 5.12. The van der Waals surface area contributed by atoms with Gasteiger partial charge in [0.1, 0.15) is 6.17 Å². The van der Waals surface area contributed by atoms with Crippen LogP contribution < -0.4 is 0 Å². The van der Waals surface area contributed by atoms with Crippen molar-refractivity contribution in [3.63, 3.8) is 0 Å². The van der Waals surface area contributed by atoms with Crippen LogP contribution in [0.4, 0.5) is 4.39 Å². The summed E-state index contributed by atoms with van der Waals surface area (Å²) < 4.78 is 13.3. The third kappa shape index (κ3) is 1.79. The van der Waals surface area contributed by atoms with Crippen LogP contribution in [-0.4, -0.2) is 46.3 Å². The van der Waals surface area contributed by atoms with Crippen LogP contribution >= 0.6 is 0 Å². The number of hydrogen-bond acceptors (Lipinski definition) is 3. The van der Waals surface area contributed by atoms with Crippen molar-refractivity contribution in [3.8, 4) is 0 Å². The molecule has 0 radical (unpaired) electrons. The summed E-state index contributed by atoms with van der Waals surface area (Å²) in [6.45, 7) is 0.982. The van der Waals surface area contributed by atoms with Gasteiger partial charge in [0, 0.05) is 31.4 Å². The van der Waals surface area contributed by atoms with Crippen molar-refractivity contribution in [2.24, 2.45) is 11.8 Å². The van der Waals surface area contributed by atoms with Crippen molar-refractivity contribution in [2.45, 2.75) is 18.7 Å². The molecular weight excluding hydrogens is 235 g/mol. The number of pyridine rings is 1. The molecule has 2 aliphatic rings. The molecule has 5 heteroatoms. The Bertz CT molecular complexity index is 454. The van der Waals surface area contributed by atoms with E-state index in [1.54, 1.807) is 23.2 Å². The van der Waals surface area contributed by atoms with E-state index >= 15 is 0 Å². The molecular formula is C13H15FN2O2. The largest absolute Gasteiger partial charge is 0.390 e. The lowest BCUT2D eigenvalue weighted by Gasteiger charge is -2.19. The topological polar surface area (TPSA) is 53.4 Å². The molecule has 1 amide bonds. The van der Waals surface area contributed by atoms with Crippen LogP contribution in [0.5, 0.6) is 0 Å². The van der Waals surface area contributed by atoms with Crippen LogP contribution in [0.15, 0.2) is 24.5 Å². The monoisotopic (exact) mass is 250 g/mol. The number of aromatic nitrogens is 1. The number of hydrogen-bond donors (Lipinski definition) is 1. The molecule has 96 valence electrons. The second-order valence-electron chi connectivity index (χ2n) is 5.12. The minimum Gasteiger partial charge on any atom is -0.390 e. The zero-order chi connectivity index (χ0) is 12.7. The minimum absolute atomic E-state index is 0.0832. The number of alkyl halides is 1. The number of nitrogens with zero attached hydrogens (tertiary/aromatic N) is 2. The summed E-state index contributed by atoms with van der Waals surface area (Å²) in [7, 11) is 0. The van der Waals surface area contributed by atoms with Crippen LogP contribution in [0.25, 0.3) is 0 Å². The van der Waals surface area contributed by atoms with Crippen molar-refractivity contribution in [1.82, 2.24) is 9.88 Å². The van der Waals surface area contributed by atoms with Gasteiger partial charge < -0.3 is 10.0 Å². The first-order valence-electron chi connectivity index (χ1n) is 6.18. The lowest BCUT2D eigenvalue weighted by atomic mass is 9.99. The zero-order valence-electron chi connectivity index (χ0n) is 9.87. The quantitative estimate of drug-likeness (QED) is 0.804. The van der Waals surface area contributed by atoms with Gasteiger partial charge in [0.25, 0.3) is 5.91 Å². The molecule has 18 heavy (non-hydrogen) atoms. The van der Waals surface area contributed by atoms with Crippen molar-refractivity contribution in [2.75, 3.05) is 13.1 Å². The highest BCUT2D eigenvalue weighted by Crippen LogP contribution is 2.40. The number of aliphatic hydroxyl groups is 1. The van der Waals surface area contributed by atoms with E-state index in [4.69, 9.17) is 0 Å². The highest BCUT2D eigenvalue weighted by atomic mass is 19.1. The molecule has 3 rings (SSSR count). The molecule has 0 bridgehead atoms. The Morgan fingerprint density at radius 3 is 3.00 bits per heavy atom. The molecule has 1 aromatic heterocycles. The molecule has 0 unspecified atom stereocenters. The maximum absolute atomic E-state index is 13.3. The van der Waals surface area contributed by atoms with Gasteiger partial charge in [0.2, 0.25) is 0 Å². The van der Waals surface area contributed by atoms with Crippen molar-refractivity contribution < 1.29 is 14.3 Å². The number of aliphatic hydroxyl groups excluding tert-OH is 1. The predicted octanol–water partition coefficient (Wildman–Crippen LogP) is 0.873. The molecule has 1 N–H and O–H groups in total. The minimum atomic E-state index is -1.13. The predicted molar refractivity (Wildman–Crippen MR) is 62.6 cm³/mol. The van der Waals surface area contributed by atoms with Gasteiger partial charge in [-0.2, -0.15) is 0 Å². The van der Waals surface area contributed by atoms with Gasteiger partial charge in [0.05, 0.1) is 11.7 Å². The van der Waals surface area contributed by atoms with E-state index in [9.17, 15) is 14.3 Å². The van der Waals surface area contributed by atoms with Gasteiger partial charge in [-0.3, -0.25) is 9.78 Å². The van der Waals surface area contributed by atoms with E-state index < -0.39 is 12.3 Å². The summed E-state index contributed by atoms with van der Waals surface area (Å²) in [4.78, 5) is 17.8. The average Bonchev–Trinajstić information content (AvgIpc) is 2.91. The maximum atomic E-state index is 13.3. The Balaban J connectivity index is 1.72. The Morgan fingerprint density at radius 2 is 2.33 bits per heavy atom. The van der Waals surface area contributed by atoms with Gasteiger partial charge in [-0.1, -0.05) is 0 Å². The highest BCUT2D eigenvalue weighted by molar-refractivity contribution is 5.94. The summed E-state index contributed by atoms with van der Waals surface area (Å²) in [6.07, 6.45) is 1.47. The van der Waals surface area contributed by atoms with Crippen LogP contribution in [0.3, 0.4) is 0 Å². The van der Waals surface area contributed by atoms with Gasteiger partial charge in [-0.05, 0) is 24.5 Å². The number of carbonyl (C=O) groups excluding carboxylic acids is 1. The fourth-order valence-electron chi connectivity index (χ4n) is 3.07. The summed E-state index contributed by atoms with van der Waals surface area (Å²) >= 11 is 0. The van der Waals surface area contributed by atoms with E-state index in [0.29, 0.717) is 25.1 Å². The smallest absolute Gasteiger partial charge is 0.255 e. The summed E-state index contributed by atoms with van der Waals surface area (Å²) in [6, 6.07) is 3.44. The highest BCUT2D eigenvalue weighted by Gasteiger charge is 2.48. The first-order valence-corrected chi connectivity index (χ1v) is 6.18. The molecule has 4 atom stereocenters. The standard InChI is InChI=1S/C13H15FN2O2/c14-11-4-9-6-16(7-10(9)12(11)17)13(18)8-2-1-3-15-5-8/h1-3,5,9-12,17H,4,6-7H2/t9-,10+,11+,12+/m1/s1. The Hall–Kier alpha value is -1.49. The molecule has 1 saturated heterocycles. The molecule has 0 spiro atoms. The summed E-state index contributed by atoms with van der Waals surface area (Å²) in [5.41, 5.74) is 0.545. The lowest BCUT2D eigenvalue weighted by molar-refractivity contribution is 0.0578. The molecule has 4 nitrogen and oxygen atoms in total. The molecule has 0 aromatic carbocycles. The van der Waals surface area contributed by atoms with Crippen molar-refractivity contribution >= 4 is 5.91 Å². The third-order valence-corrected chi connectivity index (χ3v) is 4.02. The van der Waals surface area contributed by atoms with Crippen LogP contribution in [0.1, 0.15) is 16.8 Å². The maximum Gasteiger partial charge on any atom is 0.255 e. The first-order chi connectivity index (χ1) is 8.66. The Kier molecular flexibility index (Phi) is 2.78. The molecule has 2 heterocycles. The third-order valence-electron chi connectivity index (χ3n) is 4.02. The van der Waals surface area contributed by atoms with Crippen LogP contribution in [-0.2, 0) is 0 Å². The van der Waals surface area contributed by atoms with E-state index in [0.717, 1.165) is 0 Å². The van der Waals surface area contributed by atoms with Crippen molar-refractivity contribution in [1.29, 1.82) is 0 Å². The summed E-state index contributed by atoms with van der Waals surface area (Å²) in [5, 5.41) is 9.71. The lowest BCUT2D eigenvalue weighted by Crippen LogP contribution is -2.33. The Labute approximate surface area is 104 Å². The SMILES string of the molecule is O=C(c1cccnc1)N1C[C@H]2C[C@H](F)[C@@H](O)[C@H]2C1. The molecule has 2 fully saturated rings. The molecule has 1 aliphatic heterocycles. The fraction of sp³-hybridized carbons (Fsp3) is 0.538. The Morgan fingerprint density at radius 1 is 1.50 bits per heavy atom. The van der Waals surface area contributed by atoms with E-state index in [1.165, 1.54) is 6.20 Å². The zero-order valence-corrected chi connectivity index (χ0v) is 9.87. The van der Waals surface area contributed by atoms with Crippen LogP contribution in [0.2, 0.25) is 0 Å². The normalized spacial score (nSPS) is 34.7. The average molecular weight is 250 g/mol. The molecule has 1 saturated carbocycles.